The number of amides is 4. The smallest absolute Gasteiger partial charge is 0.415 e. The molecule has 0 spiro atoms. The summed E-state index contributed by atoms with van der Waals surface area (Å²) in [5.41, 5.74) is -0.847. The van der Waals surface area contributed by atoms with Gasteiger partial charge >= 0.3 is 47.1 Å². The van der Waals surface area contributed by atoms with Crippen LogP contribution in [0.4, 0.5) is 49.9 Å². The van der Waals surface area contributed by atoms with Crippen LogP contribution in [0.1, 0.15) is 174 Å². The quantitative estimate of drug-likeness (QED) is 0.0432. The summed E-state index contributed by atoms with van der Waals surface area (Å²) < 4.78 is 141. The van der Waals surface area contributed by atoms with Crippen molar-refractivity contribution in [2.45, 2.75) is 151 Å². The molecule has 710 valence electrons. The molecule has 0 bridgehead atoms. The number of carbonyl (C=O) groups excluding carboxylic acids is 4. The number of hydrogen-bond acceptors (Lipinski definition) is 23. The molecule has 0 atom stereocenters. The standard InChI is InChI=1S/2C23H21F2N5O5.C23H22FN5O5.C22H19F2N5O4/c1-28(23(33)35-16-11-12(24)10-15(25)19(16)34-2)9-3-4-17-26-18-20(27-17)29(13-5-6-13)22(32)30(21(18)31)14-7-8-14;1-28(23(33)35-14-10-15(24)19(34-2)16(25)11-14)9-3-4-17-26-18-20(27-17)29(12-5-6-12)22(32)30(21(18)31)13-7-8-13;1-27(23(32)34-15-9-10-17(33-2)16(24)12-15)11-3-4-18-25-19-20(26-18)28(13-5-6-13)22(31)29(21(19)30)14-7-8-14;1-27(22(32)33-16-10-12(23)9-13(24)11-16)8-2-3-17-25-18-19(26-17)28(14-4-5-14)21(31)29(20(18)30)15-6-7-15/h10-11,13-14H,5-9H2,1-2H3,(H,26,27);10-13H,5-9H2,1-2H3,(H,26,27);9-10,12-14H,5-8,11H2,1-2H3,(H,25,26);9-11,14-15H,4-8H2,1H3,(H,25,26). The number of fused-ring (bicyclic) bond motifs is 4. The number of aromatic amines is 4. The van der Waals surface area contributed by atoms with Crippen LogP contribution in [-0.4, -0.2) is 196 Å². The molecule has 46 heteroatoms. The van der Waals surface area contributed by atoms with Crippen LogP contribution in [-0.2, 0) is 0 Å². The van der Waals surface area contributed by atoms with Gasteiger partial charge in [0.25, 0.3) is 22.2 Å². The van der Waals surface area contributed by atoms with Crippen LogP contribution in [0.25, 0.3) is 44.7 Å². The highest BCUT2D eigenvalue weighted by Gasteiger charge is 2.40. The van der Waals surface area contributed by atoms with Gasteiger partial charge in [-0.25, -0.2) is 89.0 Å². The third-order valence-electron chi connectivity index (χ3n) is 22.8. The largest absolute Gasteiger partial charge is 0.494 e. The van der Waals surface area contributed by atoms with Gasteiger partial charge in [0, 0.05) is 125 Å². The molecule has 39 nitrogen and oxygen atoms in total. The molecule has 0 radical (unpaired) electrons. The number of aromatic nitrogens is 16. The van der Waals surface area contributed by atoms with Crippen LogP contribution < -0.4 is 78.2 Å². The zero-order valence-corrected chi connectivity index (χ0v) is 74.1. The van der Waals surface area contributed by atoms with Crippen molar-refractivity contribution in [3.8, 4) is 87.6 Å². The number of imidazole rings is 4. The Balaban J connectivity index is 0.000000127. The van der Waals surface area contributed by atoms with Gasteiger partial charge in [-0.1, -0.05) is 23.7 Å². The molecule has 4 amide bonds. The van der Waals surface area contributed by atoms with Crippen molar-refractivity contribution in [2.24, 2.45) is 0 Å². The lowest BCUT2D eigenvalue weighted by Crippen LogP contribution is -2.39. The maximum atomic E-state index is 13.8. The molecule has 8 aliphatic carbocycles. The van der Waals surface area contributed by atoms with Crippen LogP contribution in [0.3, 0.4) is 0 Å². The van der Waals surface area contributed by atoms with E-state index in [0.29, 0.717) is 17.8 Å². The molecule has 8 saturated carbocycles. The second kappa shape index (κ2) is 38.0. The molecule has 0 unspecified atom stereocenters. The summed E-state index contributed by atoms with van der Waals surface area (Å²) in [5.74, 6) is 14.6. The number of benzene rings is 4. The van der Waals surface area contributed by atoms with Crippen LogP contribution in [0, 0.1) is 88.1 Å². The highest BCUT2D eigenvalue weighted by atomic mass is 19.2. The van der Waals surface area contributed by atoms with E-state index >= 15 is 0 Å². The number of H-pyrrole nitrogens is 4. The van der Waals surface area contributed by atoms with E-state index in [-0.39, 0.29) is 188 Å². The molecule has 4 aromatic carbocycles. The molecule has 8 heterocycles. The minimum atomic E-state index is -1.01. The maximum Gasteiger partial charge on any atom is 0.415 e. The number of methoxy groups -OCH3 is 3. The average Bonchev–Trinajstić information content (AvgIpc) is 1.59. The second-order valence-corrected chi connectivity index (χ2v) is 33.6. The van der Waals surface area contributed by atoms with E-state index in [1.54, 1.807) is 18.3 Å². The molecular weight excluding hydrogens is 1810 g/mol. The SMILES string of the molecule is CN(CC#Cc1nc2c([nH]1)c(=O)n(C1CC1)c(=O)n2C1CC1)C(=O)Oc1cc(F)cc(F)c1.COc1c(F)cc(F)cc1OC(=O)N(C)CC#Cc1nc2c([nH]1)c(=O)n(C1CC1)c(=O)n2C1CC1.COc1c(F)cc(OC(=O)N(C)CC#Cc2nc3c([nH]2)c(=O)n(C2CC2)c(=O)n3C2CC2)cc1F.COc1ccc(OC(=O)N(C)CC#Cc2nc3c([nH]2)c(=O)n(C2CC2)c(=O)n3C2CC2)cc1F. The first-order valence-corrected chi connectivity index (χ1v) is 43.3. The van der Waals surface area contributed by atoms with Gasteiger partial charge in [-0.2, -0.15) is 0 Å². The Morgan fingerprint density at radius 2 is 0.584 bits per heavy atom. The number of nitrogens with one attached hydrogen (secondary N) is 4. The number of nitrogens with zero attached hydrogens (tertiary/aromatic N) is 16. The minimum absolute atomic E-state index is 0.00372. The summed E-state index contributed by atoms with van der Waals surface area (Å²) >= 11 is 0. The van der Waals surface area contributed by atoms with Gasteiger partial charge in [0.2, 0.25) is 0 Å². The van der Waals surface area contributed by atoms with Gasteiger partial charge in [-0.15, -0.1) is 0 Å². The van der Waals surface area contributed by atoms with Crippen LogP contribution >= 0.6 is 0 Å². The minimum Gasteiger partial charge on any atom is -0.494 e. The molecule has 137 heavy (non-hydrogen) atoms. The highest BCUT2D eigenvalue weighted by molar-refractivity contribution is 5.77. The van der Waals surface area contributed by atoms with Crippen molar-refractivity contribution in [2.75, 3.05) is 75.7 Å². The van der Waals surface area contributed by atoms with Gasteiger partial charge < -0.3 is 53.1 Å². The summed E-state index contributed by atoms with van der Waals surface area (Å²) in [6.07, 6.45) is 9.88. The van der Waals surface area contributed by atoms with Gasteiger partial charge in [0.1, 0.15) is 34.7 Å². The van der Waals surface area contributed by atoms with Crippen molar-refractivity contribution in [3.05, 3.63) is 208 Å². The van der Waals surface area contributed by atoms with Crippen LogP contribution in [0.2, 0.25) is 0 Å². The Morgan fingerprint density at radius 3 is 0.869 bits per heavy atom. The van der Waals surface area contributed by atoms with Crippen LogP contribution in [0.15, 0.2) is 99.0 Å². The molecule has 0 aliphatic heterocycles. The Morgan fingerprint density at radius 1 is 0.321 bits per heavy atom. The van der Waals surface area contributed by atoms with Crippen LogP contribution in [0.5, 0.6) is 40.2 Å². The van der Waals surface area contributed by atoms with E-state index in [2.05, 4.69) is 92.0 Å². The van der Waals surface area contributed by atoms with Gasteiger partial charge in [0.05, 0.1) is 47.5 Å². The second-order valence-electron chi connectivity index (χ2n) is 33.6. The maximum absolute atomic E-state index is 13.8. The number of hydrogen-bond donors (Lipinski definition) is 4. The predicted molar refractivity (Wildman–Crippen MR) is 472 cm³/mol. The normalized spacial score (nSPS) is 15.1. The van der Waals surface area contributed by atoms with E-state index < -0.39 is 99.0 Å². The van der Waals surface area contributed by atoms with E-state index in [4.69, 9.17) is 28.4 Å². The highest BCUT2D eigenvalue weighted by Crippen LogP contribution is 2.42. The molecule has 4 N–H and O–H groups in total. The predicted octanol–water partition coefficient (Wildman–Crippen LogP) is 9.15. The Bertz CT molecular complexity index is 7730. The Labute approximate surface area is 767 Å². The van der Waals surface area contributed by atoms with Gasteiger partial charge in [-0.3, -0.25) is 75.3 Å². The van der Waals surface area contributed by atoms with Crippen molar-refractivity contribution in [1.29, 1.82) is 0 Å². The van der Waals surface area contributed by atoms with Gasteiger partial charge in [-0.05, 0) is 139 Å². The topological polar surface area (TPSA) is 437 Å². The van der Waals surface area contributed by atoms with Gasteiger partial charge in [0.15, 0.2) is 114 Å². The Kier molecular flexibility index (Phi) is 25.7. The third kappa shape index (κ3) is 20.2. The first-order valence-electron chi connectivity index (χ1n) is 43.3. The van der Waals surface area contributed by atoms with E-state index in [9.17, 15) is 88.3 Å². The summed E-state index contributed by atoms with van der Waals surface area (Å²) in [6, 6.07) is 9.25. The molecule has 20 rings (SSSR count). The molecule has 8 aromatic heterocycles. The van der Waals surface area contributed by atoms with Crippen molar-refractivity contribution < 1.29 is 83.1 Å². The van der Waals surface area contributed by atoms with Crippen molar-refractivity contribution in [1.82, 2.24) is 96.0 Å². The number of ether oxygens (including phenoxy) is 7. The fourth-order valence-electron chi connectivity index (χ4n) is 14.7. The molecular formula is C91H83F7N20O19. The first-order chi connectivity index (χ1) is 65.7. The average molecular weight is 1890 g/mol. The lowest BCUT2D eigenvalue weighted by Gasteiger charge is -2.15. The fourth-order valence-corrected chi connectivity index (χ4v) is 14.7. The summed E-state index contributed by atoms with van der Waals surface area (Å²) in [6.45, 7) is -0.290. The first kappa shape index (κ1) is 92.6. The lowest BCUT2D eigenvalue weighted by molar-refractivity contribution is 0.165. The number of rotatable bonds is 19. The Hall–Kier alpha value is -16.3. The zero-order valence-electron chi connectivity index (χ0n) is 74.1. The summed E-state index contributed by atoms with van der Waals surface area (Å²) in [5, 5.41) is 0. The monoisotopic (exact) mass is 1890 g/mol. The summed E-state index contributed by atoms with van der Waals surface area (Å²) in [4.78, 5) is 186. The van der Waals surface area contributed by atoms with Crippen molar-refractivity contribution in [3.63, 3.8) is 0 Å². The molecule has 8 aliphatic rings. The number of carbonyl (C=O) groups is 4. The van der Waals surface area contributed by atoms with E-state index in [0.717, 1.165) is 161 Å². The molecule has 0 saturated heterocycles. The summed E-state index contributed by atoms with van der Waals surface area (Å²) in [7, 11) is 9.29. The number of halogens is 7. The lowest BCUT2D eigenvalue weighted by atomic mass is 10.3. The third-order valence-corrected chi connectivity index (χ3v) is 22.8. The van der Waals surface area contributed by atoms with Crippen molar-refractivity contribution >= 4 is 69.0 Å². The molecule has 8 fully saturated rings. The molecule has 12 aromatic rings. The van der Waals surface area contributed by atoms with E-state index in [1.807, 2.05) is 0 Å². The van der Waals surface area contributed by atoms with E-state index in [1.165, 1.54) is 77.7 Å². The fraction of sp³-hybridized carbons (Fsp3) is 0.385. The zero-order chi connectivity index (χ0) is 97.0.